The van der Waals surface area contributed by atoms with E-state index in [0.29, 0.717) is 0 Å². The normalized spacial score (nSPS) is 27.1. The molecular weight excluding hydrogens is 368 g/mol. The van der Waals surface area contributed by atoms with Gasteiger partial charge >= 0.3 is 29.8 Å². The molecule has 27 heavy (non-hydrogen) atoms. The summed E-state index contributed by atoms with van der Waals surface area (Å²) in [6.45, 7) is 5.13. The Morgan fingerprint density at radius 2 is 1.07 bits per heavy atom. The third-order valence-corrected chi connectivity index (χ3v) is 3.23. The summed E-state index contributed by atoms with van der Waals surface area (Å²) < 4.78 is 30.8. The number of carbonyl (C=O) groups is 5. The molecule has 1 aliphatic heterocycles. The predicted octanol–water partition coefficient (Wildman–Crippen LogP) is -0.367. The van der Waals surface area contributed by atoms with Crippen LogP contribution in [0, 0.1) is 0 Å². The first kappa shape index (κ1) is 22.4. The van der Waals surface area contributed by atoms with E-state index in [4.69, 9.17) is 28.4 Å². The van der Waals surface area contributed by atoms with Crippen LogP contribution in [0.3, 0.4) is 0 Å². The Morgan fingerprint density at radius 1 is 0.630 bits per heavy atom. The smallest absolute Gasteiger partial charge is 0.305 e. The van der Waals surface area contributed by atoms with Crippen LogP contribution in [0.5, 0.6) is 0 Å². The molecule has 1 fully saturated rings. The standard InChI is InChI=1S/C16H22O11/c1-7(17)22-6-12-13(23-8(2)18)14(24-9(3)19)15(25-10(4)20)16(27-12)26-11(5)21/h12-16H,6H2,1-5H3/t12?,13-,14?,15-,16?/m1/s1. The van der Waals surface area contributed by atoms with Crippen molar-refractivity contribution < 1.29 is 52.4 Å². The van der Waals surface area contributed by atoms with Crippen LogP contribution in [0.25, 0.3) is 0 Å². The molecule has 1 saturated heterocycles. The molecule has 0 saturated carbocycles. The van der Waals surface area contributed by atoms with Gasteiger partial charge in [-0.15, -0.1) is 0 Å². The van der Waals surface area contributed by atoms with Crippen molar-refractivity contribution in [2.45, 2.75) is 65.3 Å². The Hall–Kier alpha value is -2.69. The van der Waals surface area contributed by atoms with Gasteiger partial charge in [0.15, 0.2) is 12.2 Å². The van der Waals surface area contributed by atoms with E-state index in [2.05, 4.69) is 0 Å². The second kappa shape index (κ2) is 9.86. The van der Waals surface area contributed by atoms with Crippen molar-refractivity contribution in [2.75, 3.05) is 6.61 Å². The fourth-order valence-corrected chi connectivity index (χ4v) is 2.45. The molecule has 0 aliphatic carbocycles. The van der Waals surface area contributed by atoms with Gasteiger partial charge in [0.25, 0.3) is 0 Å². The van der Waals surface area contributed by atoms with Crippen molar-refractivity contribution in [3.05, 3.63) is 0 Å². The van der Waals surface area contributed by atoms with Crippen LogP contribution in [-0.4, -0.2) is 67.2 Å². The summed E-state index contributed by atoms with van der Waals surface area (Å²) in [6.07, 6.45) is -6.70. The average molecular weight is 390 g/mol. The van der Waals surface area contributed by atoms with Crippen molar-refractivity contribution >= 4 is 29.8 Å². The maximum atomic E-state index is 11.5. The number of hydrogen-bond acceptors (Lipinski definition) is 11. The molecule has 11 nitrogen and oxygen atoms in total. The third-order valence-electron chi connectivity index (χ3n) is 3.23. The molecule has 0 aromatic heterocycles. The minimum Gasteiger partial charge on any atom is -0.463 e. The van der Waals surface area contributed by atoms with E-state index in [9.17, 15) is 24.0 Å². The van der Waals surface area contributed by atoms with Crippen LogP contribution in [0.15, 0.2) is 0 Å². The van der Waals surface area contributed by atoms with Crippen LogP contribution in [0.2, 0.25) is 0 Å². The van der Waals surface area contributed by atoms with E-state index >= 15 is 0 Å². The number of hydrogen-bond donors (Lipinski definition) is 0. The molecule has 3 unspecified atom stereocenters. The molecule has 0 aromatic rings. The lowest BCUT2D eigenvalue weighted by atomic mass is 9.98. The molecule has 0 bridgehead atoms. The van der Waals surface area contributed by atoms with Crippen LogP contribution in [0.1, 0.15) is 34.6 Å². The van der Waals surface area contributed by atoms with Crippen molar-refractivity contribution in [1.29, 1.82) is 0 Å². The second-order valence-corrected chi connectivity index (χ2v) is 5.68. The van der Waals surface area contributed by atoms with Gasteiger partial charge in [0.05, 0.1) is 0 Å². The largest absolute Gasteiger partial charge is 0.463 e. The third kappa shape index (κ3) is 7.21. The van der Waals surface area contributed by atoms with Crippen LogP contribution >= 0.6 is 0 Å². The molecule has 11 heteroatoms. The zero-order valence-corrected chi connectivity index (χ0v) is 15.6. The van der Waals surface area contributed by atoms with Crippen LogP contribution < -0.4 is 0 Å². The Labute approximate surface area is 155 Å². The Bertz CT molecular complexity index is 599. The van der Waals surface area contributed by atoms with Gasteiger partial charge in [-0.3, -0.25) is 24.0 Å². The maximum Gasteiger partial charge on any atom is 0.305 e. The zero-order chi connectivity index (χ0) is 20.7. The van der Waals surface area contributed by atoms with Gasteiger partial charge in [0.2, 0.25) is 12.4 Å². The highest BCUT2D eigenvalue weighted by Gasteiger charge is 2.53. The quantitative estimate of drug-likeness (QED) is 0.433. The molecule has 0 N–H and O–H groups in total. The van der Waals surface area contributed by atoms with E-state index in [1.807, 2.05) is 0 Å². The minimum absolute atomic E-state index is 0.393. The van der Waals surface area contributed by atoms with E-state index in [-0.39, 0.29) is 0 Å². The molecule has 1 aliphatic rings. The summed E-state index contributed by atoms with van der Waals surface area (Å²) in [7, 11) is 0. The van der Waals surface area contributed by atoms with Gasteiger partial charge in [-0.05, 0) is 0 Å². The van der Waals surface area contributed by atoms with Crippen molar-refractivity contribution in [2.24, 2.45) is 0 Å². The van der Waals surface area contributed by atoms with Crippen molar-refractivity contribution in [3.63, 3.8) is 0 Å². The first-order valence-corrected chi connectivity index (χ1v) is 7.99. The summed E-state index contributed by atoms with van der Waals surface area (Å²) >= 11 is 0. The Balaban J connectivity index is 3.29. The number of ether oxygens (including phenoxy) is 6. The maximum absolute atomic E-state index is 11.5. The lowest BCUT2D eigenvalue weighted by molar-refractivity contribution is -0.300. The zero-order valence-electron chi connectivity index (χ0n) is 15.6. The highest BCUT2D eigenvalue weighted by molar-refractivity contribution is 5.69. The SMILES string of the molecule is CC(=O)OCC1OC(OC(C)=O)[C@H](OC(C)=O)C(OC(C)=O)[C@@H]1OC(C)=O. The average Bonchev–Trinajstić information content (AvgIpc) is 2.49. The Morgan fingerprint density at radius 3 is 1.52 bits per heavy atom. The van der Waals surface area contributed by atoms with Crippen molar-refractivity contribution in [3.8, 4) is 0 Å². The number of esters is 5. The molecule has 0 spiro atoms. The topological polar surface area (TPSA) is 141 Å². The lowest BCUT2D eigenvalue weighted by Crippen LogP contribution is -2.63. The van der Waals surface area contributed by atoms with E-state index < -0.39 is 67.2 Å². The van der Waals surface area contributed by atoms with Crippen LogP contribution in [-0.2, 0) is 52.4 Å². The first-order chi connectivity index (χ1) is 12.5. The molecule has 0 amide bonds. The number of carbonyl (C=O) groups excluding carboxylic acids is 5. The lowest BCUT2D eigenvalue weighted by Gasteiger charge is -2.43. The highest BCUT2D eigenvalue weighted by atomic mass is 16.7. The molecule has 1 heterocycles. The fourth-order valence-electron chi connectivity index (χ4n) is 2.45. The summed E-state index contributed by atoms with van der Waals surface area (Å²) in [5, 5.41) is 0. The fraction of sp³-hybridized carbons (Fsp3) is 0.688. The van der Waals surface area contributed by atoms with Crippen LogP contribution in [0.4, 0.5) is 0 Å². The van der Waals surface area contributed by atoms with Gasteiger partial charge in [-0.25, -0.2) is 0 Å². The van der Waals surface area contributed by atoms with Gasteiger partial charge in [-0.2, -0.15) is 0 Å². The summed E-state index contributed by atoms with van der Waals surface area (Å²) in [6, 6.07) is 0. The first-order valence-electron chi connectivity index (χ1n) is 7.99. The molecule has 152 valence electrons. The summed E-state index contributed by atoms with van der Waals surface area (Å²) in [4.78, 5) is 57.0. The minimum atomic E-state index is -1.48. The highest BCUT2D eigenvalue weighted by Crippen LogP contribution is 2.29. The van der Waals surface area contributed by atoms with Gasteiger partial charge in [0, 0.05) is 34.6 Å². The second-order valence-electron chi connectivity index (χ2n) is 5.68. The predicted molar refractivity (Wildman–Crippen MR) is 83.7 cm³/mol. The number of rotatable bonds is 6. The molecule has 0 radical (unpaired) electrons. The molecule has 0 aromatic carbocycles. The summed E-state index contributed by atoms with van der Waals surface area (Å²) in [5.41, 5.74) is 0. The van der Waals surface area contributed by atoms with Gasteiger partial charge < -0.3 is 28.4 Å². The van der Waals surface area contributed by atoms with Gasteiger partial charge in [0.1, 0.15) is 12.7 Å². The monoisotopic (exact) mass is 390 g/mol. The molecule has 1 rings (SSSR count). The van der Waals surface area contributed by atoms with E-state index in [1.165, 1.54) is 0 Å². The van der Waals surface area contributed by atoms with Gasteiger partial charge in [-0.1, -0.05) is 0 Å². The summed E-state index contributed by atoms with van der Waals surface area (Å²) in [5.74, 6) is -3.71. The van der Waals surface area contributed by atoms with E-state index in [1.54, 1.807) is 0 Å². The molecule has 5 atom stereocenters. The molecular formula is C16H22O11. The van der Waals surface area contributed by atoms with Crippen molar-refractivity contribution in [1.82, 2.24) is 0 Å². The Kier molecular flexibility index (Phi) is 8.16. The van der Waals surface area contributed by atoms with E-state index in [0.717, 1.165) is 34.6 Å².